The number of esters is 1. The molecular weight excluding hydrogens is 443 g/mol. The highest BCUT2D eigenvalue weighted by atomic mass is 19.1. The van der Waals surface area contributed by atoms with Gasteiger partial charge in [-0.3, -0.25) is 19.7 Å². The molecule has 34 heavy (non-hydrogen) atoms. The van der Waals surface area contributed by atoms with E-state index in [0.29, 0.717) is 36.3 Å². The van der Waals surface area contributed by atoms with Gasteiger partial charge in [0.15, 0.2) is 0 Å². The number of non-ortho nitro benzene ring substituents is 1. The Labute approximate surface area is 194 Å². The van der Waals surface area contributed by atoms with Gasteiger partial charge in [-0.15, -0.1) is 0 Å². The van der Waals surface area contributed by atoms with E-state index >= 15 is 0 Å². The van der Waals surface area contributed by atoms with Crippen molar-refractivity contribution in [2.45, 2.75) is 19.8 Å². The predicted octanol–water partition coefficient (Wildman–Crippen LogP) is 4.00. The number of hydrogen-bond acceptors (Lipinski definition) is 6. The zero-order chi connectivity index (χ0) is 24.2. The Morgan fingerprint density at radius 1 is 1.18 bits per heavy atom. The summed E-state index contributed by atoms with van der Waals surface area (Å²) in [4.78, 5) is 37.9. The summed E-state index contributed by atoms with van der Waals surface area (Å²) in [7, 11) is 0. The van der Waals surface area contributed by atoms with Crippen molar-refractivity contribution in [2.24, 2.45) is 5.92 Å². The second kappa shape index (κ2) is 9.82. The van der Waals surface area contributed by atoms with E-state index in [1.165, 1.54) is 41.1 Å². The Balaban J connectivity index is 1.71. The van der Waals surface area contributed by atoms with Crippen molar-refractivity contribution in [3.8, 4) is 16.9 Å². The van der Waals surface area contributed by atoms with Crippen molar-refractivity contribution in [3.05, 3.63) is 76.2 Å². The Morgan fingerprint density at radius 3 is 2.53 bits per heavy atom. The molecule has 1 aliphatic heterocycles. The number of benzene rings is 2. The molecule has 1 saturated heterocycles. The van der Waals surface area contributed by atoms with Gasteiger partial charge in [0.05, 0.1) is 28.8 Å². The van der Waals surface area contributed by atoms with Gasteiger partial charge in [0, 0.05) is 30.8 Å². The third-order valence-electron chi connectivity index (χ3n) is 5.70. The molecule has 0 saturated carbocycles. The largest absolute Gasteiger partial charge is 0.466 e. The Hall–Kier alpha value is -4.08. The number of piperidine rings is 1. The number of halogens is 1. The van der Waals surface area contributed by atoms with Crippen LogP contribution in [-0.2, 0) is 9.53 Å². The van der Waals surface area contributed by atoms with Gasteiger partial charge in [-0.25, -0.2) is 9.07 Å². The molecule has 4 rings (SSSR count). The summed E-state index contributed by atoms with van der Waals surface area (Å²) < 4.78 is 19.9. The first-order valence-corrected chi connectivity index (χ1v) is 10.9. The molecule has 3 aromatic rings. The van der Waals surface area contributed by atoms with E-state index < -0.39 is 16.7 Å². The van der Waals surface area contributed by atoms with Crippen molar-refractivity contribution in [2.75, 3.05) is 19.7 Å². The van der Waals surface area contributed by atoms with E-state index in [2.05, 4.69) is 5.10 Å². The lowest BCUT2D eigenvalue weighted by Crippen LogP contribution is -2.43. The average molecular weight is 466 g/mol. The Bertz CT molecular complexity index is 1210. The molecule has 1 amide bonds. The zero-order valence-electron chi connectivity index (χ0n) is 18.5. The highest BCUT2D eigenvalue weighted by molar-refractivity contribution is 5.95. The van der Waals surface area contributed by atoms with E-state index in [1.807, 2.05) is 0 Å². The standard InChI is InChI=1S/C24H23FN4O5/c1-2-34-24(31)17-4-3-13-27(15-17)23(30)22-14-21(16-5-7-18(25)8-6-16)26-28(22)19-9-11-20(12-10-19)29(32)33/h5-12,14,17H,2-4,13,15H2,1H3. The molecule has 0 N–H and O–H groups in total. The fraction of sp³-hybridized carbons (Fsp3) is 0.292. The fourth-order valence-electron chi connectivity index (χ4n) is 3.98. The van der Waals surface area contributed by atoms with Crippen LogP contribution in [0.25, 0.3) is 16.9 Å². The molecule has 1 aliphatic rings. The van der Waals surface area contributed by atoms with Crippen LogP contribution in [0, 0.1) is 21.8 Å². The maximum atomic E-state index is 13.5. The topological polar surface area (TPSA) is 108 Å². The van der Waals surface area contributed by atoms with Gasteiger partial charge in [-0.1, -0.05) is 0 Å². The molecule has 1 aromatic heterocycles. The number of aromatic nitrogens is 2. The van der Waals surface area contributed by atoms with Crippen molar-refractivity contribution < 1.29 is 23.6 Å². The van der Waals surface area contributed by atoms with Crippen LogP contribution < -0.4 is 0 Å². The highest BCUT2D eigenvalue weighted by Crippen LogP contribution is 2.26. The summed E-state index contributed by atoms with van der Waals surface area (Å²) in [6.45, 7) is 2.72. The second-order valence-corrected chi connectivity index (χ2v) is 7.95. The number of likely N-dealkylation sites (tertiary alicyclic amines) is 1. The number of rotatable bonds is 6. The van der Waals surface area contributed by atoms with E-state index in [-0.39, 0.29) is 36.4 Å². The molecule has 0 spiro atoms. The molecule has 1 fully saturated rings. The number of nitro groups is 1. The van der Waals surface area contributed by atoms with Gasteiger partial charge in [0.2, 0.25) is 0 Å². The summed E-state index contributed by atoms with van der Waals surface area (Å²) in [5, 5.41) is 15.6. The molecule has 2 aromatic carbocycles. The van der Waals surface area contributed by atoms with Crippen molar-refractivity contribution in [1.82, 2.24) is 14.7 Å². The highest BCUT2D eigenvalue weighted by Gasteiger charge is 2.31. The zero-order valence-corrected chi connectivity index (χ0v) is 18.5. The number of nitrogens with zero attached hydrogens (tertiary/aromatic N) is 4. The first-order valence-electron chi connectivity index (χ1n) is 10.9. The van der Waals surface area contributed by atoms with Crippen LogP contribution in [-0.4, -0.2) is 51.2 Å². The molecule has 0 bridgehead atoms. The third-order valence-corrected chi connectivity index (χ3v) is 5.70. The van der Waals surface area contributed by atoms with Crippen LogP contribution in [0.4, 0.5) is 10.1 Å². The van der Waals surface area contributed by atoms with Gasteiger partial charge in [-0.2, -0.15) is 5.10 Å². The minimum absolute atomic E-state index is 0.0872. The third kappa shape index (κ3) is 4.80. The number of nitro benzene ring substituents is 1. The molecule has 2 heterocycles. The van der Waals surface area contributed by atoms with Crippen LogP contribution in [0.2, 0.25) is 0 Å². The Morgan fingerprint density at radius 2 is 1.88 bits per heavy atom. The van der Waals surface area contributed by atoms with E-state index in [0.717, 1.165) is 0 Å². The molecule has 1 unspecified atom stereocenters. The molecule has 9 nitrogen and oxygen atoms in total. The summed E-state index contributed by atoms with van der Waals surface area (Å²) in [5.74, 6) is -1.44. The van der Waals surface area contributed by atoms with Crippen molar-refractivity contribution >= 4 is 17.6 Å². The van der Waals surface area contributed by atoms with E-state index in [4.69, 9.17) is 4.74 Å². The number of carbonyl (C=O) groups is 2. The lowest BCUT2D eigenvalue weighted by Gasteiger charge is -2.31. The van der Waals surface area contributed by atoms with Crippen LogP contribution in [0.1, 0.15) is 30.3 Å². The lowest BCUT2D eigenvalue weighted by atomic mass is 9.98. The van der Waals surface area contributed by atoms with Crippen LogP contribution >= 0.6 is 0 Å². The molecule has 1 atom stereocenters. The monoisotopic (exact) mass is 466 g/mol. The van der Waals surface area contributed by atoms with E-state index in [9.17, 15) is 24.1 Å². The van der Waals surface area contributed by atoms with Crippen LogP contribution in [0.3, 0.4) is 0 Å². The molecule has 176 valence electrons. The van der Waals surface area contributed by atoms with Gasteiger partial charge < -0.3 is 9.64 Å². The van der Waals surface area contributed by atoms with Gasteiger partial charge >= 0.3 is 5.97 Å². The maximum absolute atomic E-state index is 13.5. The molecule has 0 aliphatic carbocycles. The molecule has 0 radical (unpaired) electrons. The smallest absolute Gasteiger partial charge is 0.310 e. The van der Waals surface area contributed by atoms with Crippen LogP contribution in [0.15, 0.2) is 54.6 Å². The number of carbonyl (C=O) groups excluding carboxylic acids is 2. The summed E-state index contributed by atoms with van der Waals surface area (Å²) in [6.07, 6.45) is 1.30. The quantitative estimate of drug-likeness (QED) is 0.309. The SMILES string of the molecule is CCOC(=O)C1CCCN(C(=O)c2cc(-c3ccc(F)cc3)nn2-c2ccc([N+](=O)[O-])cc2)C1. The van der Waals surface area contributed by atoms with E-state index in [1.54, 1.807) is 30.0 Å². The predicted molar refractivity (Wildman–Crippen MR) is 121 cm³/mol. The fourth-order valence-corrected chi connectivity index (χ4v) is 3.98. The Kier molecular flexibility index (Phi) is 6.67. The van der Waals surface area contributed by atoms with Gasteiger partial charge in [0.1, 0.15) is 11.5 Å². The minimum Gasteiger partial charge on any atom is -0.466 e. The minimum atomic E-state index is -0.508. The molecular formula is C24H23FN4O5. The average Bonchev–Trinajstić information content (AvgIpc) is 3.30. The van der Waals surface area contributed by atoms with Crippen molar-refractivity contribution in [1.29, 1.82) is 0 Å². The summed E-state index contributed by atoms with van der Waals surface area (Å²) in [5.41, 5.74) is 1.66. The van der Waals surface area contributed by atoms with Crippen molar-refractivity contribution in [3.63, 3.8) is 0 Å². The number of hydrogen-bond donors (Lipinski definition) is 0. The number of amides is 1. The first-order chi connectivity index (χ1) is 16.4. The maximum Gasteiger partial charge on any atom is 0.310 e. The van der Waals surface area contributed by atoms with Crippen LogP contribution in [0.5, 0.6) is 0 Å². The normalized spacial score (nSPS) is 15.7. The lowest BCUT2D eigenvalue weighted by molar-refractivity contribution is -0.384. The number of ether oxygens (including phenoxy) is 1. The summed E-state index contributed by atoms with van der Waals surface area (Å²) in [6, 6.07) is 13.0. The van der Waals surface area contributed by atoms with Gasteiger partial charge in [0.25, 0.3) is 11.6 Å². The summed E-state index contributed by atoms with van der Waals surface area (Å²) >= 11 is 0. The first kappa shape index (κ1) is 23.1. The molecule has 10 heteroatoms. The second-order valence-electron chi connectivity index (χ2n) is 7.95. The van der Waals surface area contributed by atoms with Gasteiger partial charge in [-0.05, 0) is 62.2 Å².